The van der Waals surface area contributed by atoms with Crippen molar-refractivity contribution in [2.75, 3.05) is 13.2 Å². The Balaban J connectivity index is 2.11. The van der Waals surface area contributed by atoms with E-state index in [2.05, 4.69) is 51.2 Å². The maximum Gasteiger partial charge on any atom is 0.0782 e. The lowest BCUT2D eigenvalue weighted by atomic mass is 9.90. The molecule has 1 unspecified atom stereocenters. The molecule has 1 heterocycles. The number of hydrogen-bond donors (Lipinski definition) is 1. The van der Waals surface area contributed by atoms with Crippen molar-refractivity contribution in [3.8, 4) is 0 Å². The number of hydrogen-bond acceptors (Lipinski definition) is 2. The highest BCUT2D eigenvalue weighted by Crippen LogP contribution is 2.22. The molecule has 1 aromatic rings. The van der Waals surface area contributed by atoms with Gasteiger partial charge in [-0.1, -0.05) is 18.2 Å². The quantitative estimate of drug-likeness (QED) is 0.848. The molecule has 2 heteroatoms. The van der Waals surface area contributed by atoms with E-state index >= 15 is 0 Å². The largest absolute Gasteiger partial charge is 0.373 e. The van der Waals surface area contributed by atoms with Crippen molar-refractivity contribution in [3.05, 3.63) is 34.9 Å². The molecule has 0 saturated carbocycles. The van der Waals surface area contributed by atoms with Crippen molar-refractivity contribution < 1.29 is 4.74 Å². The first kappa shape index (κ1) is 12.6. The van der Waals surface area contributed by atoms with Crippen LogP contribution >= 0.6 is 0 Å². The van der Waals surface area contributed by atoms with E-state index in [0.717, 1.165) is 19.6 Å². The van der Waals surface area contributed by atoms with Crippen LogP contribution in [0.4, 0.5) is 0 Å². The van der Waals surface area contributed by atoms with E-state index in [1.165, 1.54) is 16.7 Å². The first-order valence-corrected chi connectivity index (χ1v) is 6.42. The van der Waals surface area contributed by atoms with Crippen molar-refractivity contribution in [1.29, 1.82) is 0 Å². The lowest BCUT2D eigenvalue weighted by molar-refractivity contribution is -0.0706. The predicted octanol–water partition coefficient (Wildman–Crippen LogP) is 2.61. The van der Waals surface area contributed by atoms with Gasteiger partial charge in [0, 0.05) is 12.6 Å². The Morgan fingerprint density at radius 2 is 2.06 bits per heavy atom. The zero-order chi connectivity index (χ0) is 12.5. The van der Waals surface area contributed by atoms with Gasteiger partial charge < -0.3 is 10.1 Å². The molecule has 0 amide bonds. The van der Waals surface area contributed by atoms with Crippen LogP contribution in [0.1, 0.15) is 30.5 Å². The molecule has 1 atom stereocenters. The molecule has 0 bridgehead atoms. The van der Waals surface area contributed by atoms with E-state index in [9.17, 15) is 0 Å². The van der Waals surface area contributed by atoms with Crippen LogP contribution in [-0.4, -0.2) is 24.8 Å². The lowest BCUT2D eigenvalue weighted by Crippen LogP contribution is -2.55. The van der Waals surface area contributed by atoms with Crippen molar-refractivity contribution in [3.63, 3.8) is 0 Å². The zero-order valence-corrected chi connectivity index (χ0v) is 11.3. The second-order valence-electron chi connectivity index (χ2n) is 5.58. The number of rotatable bonds is 2. The number of benzene rings is 1. The summed E-state index contributed by atoms with van der Waals surface area (Å²) < 4.78 is 5.84. The molecule has 2 nitrogen and oxygen atoms in total. The molecule has 0 spiro atoms. The molecule has 0 radical (unpaired) electrons. The van der Waals surface area contributed by atoms with Crippen LogP contribution in [0.2, 0.25) is 0 Å². The minimum Gasteiger partial charge on any atom is -0.373 e. The summed E-state index contributed by atoms with van der Waals surface area (Å²) in [5.74, 6) is 0. The fraction of sp³-hybridized carbons (Fsp3) is 0.600. The van der Waals surface area contributed by atoms with Gasteiger partial charge in [0.2, 0.25) is 0 Å². The smallest absolute Gasteiger partial charge is 0.0782 e. The monoisotopic (exact) mass is 233 g/mol. The van der Waals surface area contributed by atoms with Gasteiger partial charge in [0.25, 0.3) is 0 Å². The van der Waals surface area contributed by atoms with E-state index in [0.29, 0.717) is 6.04 Å². The number of nitrogens with one attached hydrogen (secondary N) is 1. The van der Waals surface area contributed by atoms with E-state index in [4.69, 9.17) is 4.74 Å². The molecule has 2 rings (SSSR count). The molecule has 1 fully saturated rings. The minimum absolute atomic E-state index is 0.0724. The van der Waals surface area contributed by atoms with Gasteiger partial charge in [-0.25, -0.2) is 0 Å². The highest BCUT2D eigenvalue weighted by Gasteiger charge is 2.32. The molecule has 1 saturated heterocycles. The van der Waals surface area contributed by atoms with E-state index < -0.39 is 0 Å². The summed E-state index contributed by atoms with van der Waals surface area (Å²) in [5, 5.41) is 3.57. The molecule has 17 heavy (non-hydrogen) atoms. The molecular weight excluding hydrogens is 210 g/mol. The van der Waals surface area contributed by atoms with Crippen molar-refractivity contribution in [1.82, 2.24) is 5.32 Å². The Hall–Kier alpha value is -0.860. The summed E-state index contributed by atoms with van der Waals surface area (Å²) in [6, 6.07) is 7.14. The Morgan fingerprint density at radius 1 is 1.29 bits per heavy atom. The van der Waals surface area contributed by atoms with E-state index in [-0.39, 0.29) is 5.60 Å². The SMILES string of the molecule is Cc1ccc(CC2NCCOC2(C)C)cc1C. The predicted molar refractivity (Wildman–Crippen MR) is 71.4 cm³/mol. The third kappa shape index (κ3) is 2.88. The third-order valence-corrected chi connectivity index (χ3v) is 3.82. The summed E-state index contributed by atoms with van der Waals surface area (Å²) in [7, 11) is 0. The average molecular weight is 233 g/mol. The van der Waals surface area contributed by atoms with Gasteiger partial charge in [0.05, 0.1) is 12.2 Å². The highest BCUT2D eigenvalue weighted by molar-refractivity contribution is 5.30. The zero-order valence-electron chi connectivity index (χ0n) is 11.3. The molecule has 1 aliphatic rings. The fourth-order valence-electron chi connectivity index (χ4n) is 2.38. The van der Waals surface area contributed by atoms with Gasteiger partial charge in [0.1, 0.15) is 0 Å². The average Bonchev–Trinajstić information content (AvgIpc) is 2.26. The summed E-state index contributed by atoms with van der Waals surface area (Å²) in [5.41, 5.74) is 4.05. The molecule has 0 aromatic heterocycles. The molecule has 1 N–H and O–H groups in total. The molecule has 1 aliphatic heterocycles. The summed E-state index contributed by atoms with van der Waals surface area (Å²) in [6.45, 7) is 10.4. The van der Waals surface area contributed by atoms with Crippen LogP contribution in [0.5, 0.6) is 0 Å². The normalized spacial score (nSPS) is 23.6. The summed E-state index contributed by atoms with van der Waals surface area (Å²) >= 11 is 0. The first-order chi connectivity index (χ1) is 7.99. The second kappa shape index (κ2) is 4.79. The molecule has 94 valence electrons. The van der Waals surface area contributed by atoms with Crippen LogP contribution in [0, 0.1) is 13.8 Å². The van der Waals surface area contributed by atoms with Crippen molar-refractivity contribution in [2.45, 2.75) is 45.8 Å². The molecule has 1 aromatic carbocycles. The van der Waals surface area contributed by atoms with Crippen LogP contribution < -0.4 is 5.32 Å². The maximum atomic E-state index is 5.84. The van der Waals surface area contributed by atoms with Crippen molar-refractivity contribution in [2.24, 2.45) is 0 Å². The van der Waals surface area contributed by atoms with Crippen LogP contribution in [-0.2, 0) is 11.2 Å². The molecular formula is C15H23NO. The van der Waals surface area contributed by atoms with Crippen LogP contribution in [0.15, 0.2) is 18.2 Å². The van der Waals surface area contributed by atoms with Gasteiger partial charge in [-0.2, -0.15) is 0 Å². The Bertz CT molecular complexity index is 398. The minimum atomic E-state index is -0.0724. The van der Waals surface area contributed by atoms with Crippen LogP contribution in [0.3, 0.4) is 0 Å². The first-order valence-electron chi connectivity index (χ1n) is 6.42. The van der Waals surface area contributed by atoms with Crippen LogP contribution in [0.25, 0.3) is 0 Å². The third-order valence-electron chi connectivity index (χ3n) is 3.82. The van der Waals surface area contributed by atoms with Gasteiger partial charge in [-0.3, -0.25) is 0 Å². The summed E-state index contributed by atoms with van der Waals surface area (Å²) in [4.78, 5) is 0. The second-order valence-corrected chi connectivity index (χ2v) is 5.58. The maximum absolute atomic E-state index is 5.84. The number of ether oxygens (including phenoxy) is 1. The Morgan fingerprint density at radius 3 is 2.71 bits per heavy atom. The Kier molecular flexibility index (Phi) is 3.55. The summed E-state index contributed by atoms with van der Waals surface area (Å²) in [6.07, 6.45) is 1.04. The Labute approximate surface area is 104 Å². The standard InChI is InChI=1S/C15H23NO/c1-11-5-6-13(9-12(11)2)10-14-15(3,4)17-8-7-16-14/h5-6,9,14,16H,7-8,10H2,1-4H3. The van der Waals surface area contributed by atoms with Gasteiger partial charge in [-0.15, -0.1) is 0 Å². The van der Waals surface area contributed by atoms with Gasteiger partial charge >= 0.3 is 0 Å². The lowest BCUT2D eigenvalue weighted by Gasteiger charge is -2.39. The van der Waals surface area contributed by atoms with Gasteiger partial charge in [0.15, 0.2) is 0 Å². The van der Waals surface area contributed by atoms with Gasteiger partial charge in [-0.05, 0) is 50.8 Å². The van der Waals surface area contributed by atoms with Crippen molar-refractivity contribution >= 4 is 0 Å². The molecule has 0 aliphatic carbocycles. The fourth-order valence-corrected chi connectivity index (χ4v) is 2.38. The highest BCUT2D eigenvalue weighted by atomic mass is 16.5. The topological polar surface area (TPSA) is 21.3 Å². The van der Waals surface area contributed by atoms with E-state index in [1.54, 1.807) is 0 Å². The van der Waals surface area contributed by atoms with E-state index in [1.807, 2.05) is 0 Å². The number of morpholine rings is 1. The number of aryl methyl sites for hydroxylation is 2.